The van der Waals surface area contributed by atoms with Crippen LogP contribution in [0.25, 0.3) is 0 Å². The molecule has 0 saturated heterocycles. The van der Waals surface area contributed by atoms with Crippen LogP contribution in [0.5, 0.6) is 0 Å². The summed E-state index contributed by atoms with van der Waals surface area (Å²) in [5, 5.41) is 5.12. The van der Waals surface area contributed by atoms with Gasteiger partial charge in [0.25, 0.3) is 0 Å². The monoisotopic (exact) mass is 367 g/mol. The van der Waals surface area contributed by atoms with Crippen LogP contribution in [0.1, 0.15) is 23.9 Å². The normalized spacial score (nSPS) is 13.9. The number of aromatic nitrogens is 2. The van der Waals surface area contributed by atoms with Gasteiger partial charge in [0.15, 0.2) is 0 Å². The van der Waals surface area contributed by atoms with Crippen molar-refractivity contribution in [3.8, 4) is 0 Å². The van der Waals surface area contributed by atoms with E-state index in [9.17, 15) is 4.79 Å². The Kier molecular flexibility index (Phi) is 3.80. The maximum atomic E-state index is 12.3. The van der Waals surface area contributed by atoms with E-state index in [-0.39, 0.29) is 5.91 Å². The molecule has 2 heterocycles. The van der Waals surface area contributed by atoms with Crippen molar-refractivity contribution in [3.05, 3.63) is 44.6 Å². The van der Waals surface area contributed by atoms with Crippen LogP contribution in [0.3, 0.4) is 0 Å². The number of carbonyl (C=O) groups excluding carboxylic acids is 1. The van der Waals surface area contributed by atoms with Crippen molar-refractivity contribution in [2.24, 2.45) is 7.05 Å². The highest BCUT2D eigenvalue weighted by molar-refractivity contribution is 9.10. The number of aryl methyl sites for hydroxylation is 2. The van der Waals surface area contributed by atoms with Crippen LogP contribution < -0.4 is 4.90 Å². The summed E-state index contributed by atoms with van der Waals surface area (Å²) in [5.74, 6) is 0.0958. The summed E-state index contributed by atoms with van der Waals surface area (Å²) >= 11 is 9.66. The predicted octanol–water partition coefficient (Wildman–Crippen LogP) is 3.49. The van der Waals surface area contributed by atoms with Crippen molar-refractivity contribution in [1.29, 1.82) is 0 Å². The molecule has 21 heavy (non-hydrogen) atoms. The SMILES string of the molecule is CCc1nn(C)c(CN2C(=O)Cc3ccc(Cl)cc32)c1Br. The number of hydrogen-bond donors (Lipinski definition) is 0. The smallest absolute Gasteiger partial charge is 0.231 e. The van der Waals surface area contributed by atoms with Gasteiger partial charge in [-0.15, -0.1) is 0 Å². The summed E-state index contributed by atoms with van der Waals surface area (Å²) in [5.41, 5.74) is 3.93. The van der Waals surface area contributed by atoms with E-state index in [1.165, 1.54) is 0 Å². The lowest BCUT2D eigenvalue weighted by Crippen LogP contribution is -2.27. The van der Waals surface area contributed by atoms with Crippen LogP contribution in [0, 0.1) is 0 Å². The van der Waals surface area contributed by atoms with Gasteiger partial charge in [-0.2, -0.15) is 5.10 Å². The molecule has 3 rings (SSSR count). The number of carbonyl (C=O) groups is 1. The number of rotatable bonds is 3. The first-order chi connectivity index (χ1) is 10.0. The lowest BCUT2D eigenvalue weighted by atomic mass is 10.2. The van der Waals surface area contributed by atoms with E-state index in [2.05, 4.69) is 28.0 Å². The molecule has 1 aromatic carbocycles. The summed E-state index contributed by atoms with van der Waals surface area (Å²) < 4.78 is 2.81. The van der Waals surface area contributed by atoms with Crippen molar-refractivity contribution in [1.82, 2.24) is 9.78 Å². The second kappa shape index (κ2) is 5.46. The first kappa shape index (κ1) is 14.6. The molecule has 0 N–H and O–H groups in total. The number of nitrogens with zero attached hydrogens (tertiary/aromatic N) is 3. The van der Waals surface area contributed by atoms with E-state index < -0.39 is 0 Å². The molecule has 2 aromatic rings. The highest BCUT2D eigenvalue weighted by Gasteiger charge is 2.29. The van der Waals surface area contributed by atoms with Crippen molar-refractivity contribution in [3.63, 3.8) is 0 Å². The molecular formula is C15H15BrClN3O. The standard InChI is InChI=1S/C15H15BrClN3O/c1-3-11-15(16)13(19(2)18-11)8-20-12-7-10(17)5-4-9(12)6-14(20)21/h4-5,7H,3,6,8H2,1-2H3. The number of amides is 1. The van der Waals surface area contributed by atoms with Crippen LogP contribution in [-0.4, -0.2) is 15.7 Å². The average molecular weight is 369 g/mol. The van der Waals surface area contributed by atoms with Gasteiger partial charge in [0.1, 0.15) is 0 Å². The van der Waals surface area contributed by atoms with Gasteiger partial charge >= 0.3 is 0 Å². The van der Waals surface area contributed by atoms with Gasteiger partial charge in [-0.25, -0.2) is 0 Å². The van der Waals surface area contributed by atoms with E-state index in [4.69, 9.17) is 11.6 Å². The highest BCUT2D eigenvalue weighted by Crippen LogP contribution is 2.34. The zero-order chi connectivity index (χ0) is 15.1. The topological polar surface area (TPSA) is 38.1 Å². The number of benzene rings is 1. The fraction of sp³-hybridized carbons (Fsp3) is 0.333. The highest BCUT2D eigenvalue weighted by atomic mass is 79.9. The predicted molar refractivity (Wildman–Crippen MR) is 86.6 cm³/mol. The molecule has 6 heteroatoms. The van der Waals surface area contributed by atoms with Crippen molar-refractivity contribution in [2.75, 3.05) is 4.90 Å². The quantitative estimate of drug-likeness (QED) is 0.832. The number of halogens is 2. The molecule has 0 spiro atoms. The summed E-state index contributed by atoms with van der Waals surface area (Å²) in [6, 6.07) is 5.60. The van der Waals surface area contributed by atoms with Crippen molar-refractivity contribution >= 4 is 39.1 Å². The molecule has 4 nitrogen and oxygen atoms in total. The summed E-state index contributed by atoms with van der Waals surface area (Å²) in [4.78, 5) is 14.1. The lowest BCUT2D eigenvalue weighted by molar-refractivity contribution is -0.117. The van der Waals surface area contributed by atoms with Gasteiger partial charge < -0.3 is 4.90 Å². The van der Waals surface area contributed by atoms with E-state index in [0.717, 1.165) is 33.5 Å². The van der Waals surface area contributed by atoms with Gasteiger partial charge in [0.05, 0.1) is 28.8 Å². The Bertz CT molecular complexity index is 726. The molecule has 0 unspecified atom stereocenters. The molecule has 0 saturated carbocycles. The number of fused-ring (bicyclic) bond motifs is 1. The third-order valence-electron chi connectivity index (χ3n) is 3.79. The Morgan fingerprint density at radius 2 is 2.19 bits per heavy atom. The molecule has 0 fully saturated rings. The molecule has 1 amide bonds. The van der Waals surface area contributed by atoms with Crippen molar-refractivity contribution < 1.29 is 4.79 Å². The van der Waals surface area contributed by atoms with Crippen LogP contribution >= 0.6 is 27.5 Å². The second-order valence-electron chi connectivity index (χ2n) is 5.11. The Morgan fingerprint density at radius 3 is 2.86 bits per heavy atom. The molecule has 0 aliphatic carbocycles. The van der Waals surface area contributed by atoms with Gasteiger partial charge in [-0.05, 0) is 40.0 Å². The molecule has 1 aliphatic heterocycles. The molecule has 1 aliphatic rings. The Morgan fingerprint density at radius 1 is 1.43 bits per heavy atom. The largest absolute Gasteiger partial charge is 0.306 e. The van der Waals surface area contributed by atoms with Gasteiger partial charge in [-0.3, -0.25) is 9.48 Å². The molecule has 0 bridgehead atoms. The van der Waals surface area contributed by atoms with Gasteiger partial charge in [0.2, 0.25) is 5.91 Å². The molecular weight excluding hydrogens is 354 g/mol. The Labute approximate surface area is 136 Å². The first-order valence-electron chi connectivity index (χ1n) is 6.80. The van der Waals surface area contributed by atoms with E-state index in [1.807, 2.05) is 29.9 Å². The summed E-state index contributed by atoms with van der Waals surface area (Å²) in [6.07, 6.45) is 1.29. The molecule has 0 atom stereocenters. The van der Waals surface area contributed by atoms with Crippen molar-refractivity contribution in [2.45, 2.75) is 26.3 Å². The van der Waals surface area contributed by atoms with Crippen LogP contribution in [-0.2, 0) is 31.2 Å². The lowest BCUT2D eigenvalue weighted by Gasteiger charge is -2.18. The summed E-state index contributed by atoms with van der Waals surface area (Å²) in [7, 11) is 1.90. The minimum absolute atomic E-state index is 0.0958. The van der Waals surface area contributed by atoms with E-state index in [0.29, 0.717) is 18.0 Å². The maximum Gasteiger partial charge on any atom is 0.231 e. The van der Waals surface area contributed by atoms with Gasteiger partial charge in [0, 0.05) is 17.8 Å². The average Bonchev–Trinajstić information content (AvgIpc) is 2.90. The Hall–Kier alpha value is -1.33. The number of anilines is 1. The Balaban J connectivity index is 1.98. The number of hydrogen-bond acceptors (Lipinski definition) is 2. The van der Waals surface area contributed by atoms with Crippen LogP contribution in [0.2, 0.25) is 5.02 Å². The minimum atomic E-state index is 0.0958. The van der Waals surface area contributed by atoms with E-state index in [1.54, 1.807) is 4.90 Å². The third kappa shape index (κ3) is 2.49. The first-order valence-corrected chi connectivity index (χ1v) is 7.97. The zero-order valence-electron chi connectivity index (χ0n) is 11.9. The van der Waals surface area contributed by atoms with Crippen LogP contribution in [0.15, 0.2) is 22.7 Å². The fourth-order valence-electron chi connectivity index (χ4n) is 2.65. The zero-order valence-corrected chi connectivity index (χ0v) is 14.2. The molecule has 1 aromatic heterocycles. The third-order valence-corrected chi connectivity index (χ3v) is 4.94. The van der Waals surface area contributed by atoms with Gasteiger partial charge in [-0.1, -0.05) is 24.6 Å². The van der Waals surface area contributed by atoms with Crippen LogP contribution in [0.4, 0.5) is 5.69 Å². The summed E-state index contributed by atoms with van der Waals surface area (Å²) in [6.45, 7) is 2.56. The van der Waals surface area contributed by atoms with E-state index >= 15 is 0 Å². The molecule has 110 valence electrons. The maximum absolute atomic E-state index is 12.3. The minimum Gasteiger partial charge on any atom is -0.306 e. The fourth-order valence-corrected chi connectivity index (χ4v) is 3.55. The molecule has 0 radical (unpaired) electrons. The second-order valence-corrected chi connectivity index (χ2v) is 6.34.